The van der Waals surface area contributed by atoms with Crippen molar-refractivity contribution < 1.29 is 4.79 Å². The van der Waals surface area contributed by atoms with Crippen LogP contribution in [0.3, 0.4) is 0 Å². The Morgan fingerprint density at radius 1 is 1.45 bits per heavy atom. The lowest BCUT2D eigenvalue weighted by molar-refractivity contribution is -0.117. The van der Waals surface area contributed by atoms with Gasteiger partial charge in [-0.05, 0) is 12.8 Å². The summed E-state index contributed by atoms with van der Waals surface area (Å²) in [6.45, 7) is 2.20. The molecule has 1 aliphatic carbocycles. The van der Waals surface area contributed by atoms with Crippen molar-refractivity contribution in [3.8, 4) is 0 Å². The van der Waals surface area contributed by atoms with E-state index in [0.29, 0.717) is 12.2 Å². The van der Waals surface area contributed by atoms with Gasteiger partial charge in [-0.15, -0.1) is 0 Å². The fourth-order valence-electron chi connectivity index (χ4n) is 1.45. The van der Waals surface area contributed by atoms with Gasteiger partial charge < -0.3 is 0 Å². The largest absolute Gasteiger partial charge is 0.299 e. The van der Waals surface area contributed by atoms with Crippen LogP contribution >= 0.6 is 0 Å². The van der Waals surface area contributed by atoms with Gasteiger partial charge in [-0.2, -0.15) is 0 Å². The van der Waals surface area contributed by atoms with E-state index in [1.807, 2.05) is 0 Å². The summed E-state index contributed by atoms with van der Waals surface area (Å²) in [7, 11) is 0. The highest BCUT2D eigenvalue weighted by atomic mass is 16.1. The Morgan fingerprint density at radius 3 is 2.82 bits per heavy atom. The number of allylic oxidation sites excluding steroid dienone is 2. The van der Waals surface area contributed by atoms with Crippen molar-refractivity contribution in [2.75, 3.05) is 0 Å². The summed E-state index contributed by atoms with van der Waals surface area (Å²) in [5, 5.41) is 0. The van der Waals surface area contributed by atoms with E-state index in [0.717, 1.165) is 12.8 Å². The second kappa shape index (κ2) is 4.32. The first kappa shape index (κ1) is 8.51. The predicted molar refractivity (Wildman–Crippen MR) is 46.5 cm³/mol. The summed E-state index contributed by atoms with van der Waals surface area (Å²) in [5.74, 6) is 0.400. The van der Waals surface area contributed by atoms with E-state index in [9.17, 15) is 4.79 Å². The molecule has 11 heavy (non-hydrogen) atoms. The fourth-order valence-corrected chi connectivity index (χ4v) is 1.45. The minimum Gasteiger partial charge on any atom is -0.299 e. The van der Waals surface area contributed by atoms with E-state index in [1.165, 1.54) is 24.8 Å². The standard InChI is InChI=1S/C10H16O/c1-2-3-4-5-9-6-7-10(11)8-9/h6H,2-5,7-8H2,1H3. The van der Waals surface area contributed by atoms with E-state index in [2.05, 4.69) is 13.0 Å². The number of Topliss-reactive ketones (excluding diaryl/α,β-unsaturated/α-hetero) is 1. The number of ketones is 1. The molecule has 62 valence electrons. The van der Waals surface area contributed by atoms with Crippen LogP contribution in [0.15, 0.2) is 11.6 Å². The van der Waals surface area contributed by atoms with Crippen LogP contribution in [0.25, 0.3) is 0 Å². The summed E-state index contributed by atoms with van der Waals surface area (Å²) >= 11 is 0. The first-order chi connectivity index (χ1) is 5.33. The minimum atomic E-state index is 0.400. The molecule has 0 amide bonds. The summed E-state index contributed by atoms with van der Waals surface area (Å²) < 4.78 is 0. The van der Waals surface area contributed by atoms with Gasteiger partial charge in [0.1, 0.15) is 5.78 Å². The monoisotopic (exact) mass is 152 g/mol. The van der Waals surface area contributed by atoms with E-state index < -0.39 is 0 Å². The maximum absolute atomic E-state index is 10.8. The third-order valence-corrected chi connectivity index (χ3v) is 2.14. The van der Waals surface area contributed by atoms with Gasteiger partial charge in [0, 0.05) is 12.8 Å². The number of rotatable bonds is 4. The maximum atomic E-state index is 10.8. The van der Waals surface area contributed by atoms with Gasteiger partial charge in [-0.1, -0.05) is 31.4 Å². The zero-order chi connectivity index (χ0) is 8.10. The summed E-state index contributed by atoms with van der Waals surface area (Å²) in [4.78, 5) is 10.8. The van der Waals surface area contributed by atoms with Crippen molar-refractivity contribution in [2.45, 2.75) is 45.4 Å². The van der Waals surface area contributed by atoms with Crippen molar-refractivity contribution >= 4 is 5.78 Å². The molecule has 0 N–H and O–H groups in total. The molecular weight excluding hydrogens is 136 g/mol. The number of hydrogen-bond acceptors (Lipinski definition) is 1. The second-order valence-corrected chi connectivity index (χ2v) is 3.24. The molecule has 0 aliphatic heterocycles. The quantitative estimate of drug-likeness (QED) is 0.447. The van der Waals surface area contributed by atoms with Crippen LogP contribution in [0.4, 0.5) is 0 Å². The summed E-state index contributed by atoms with van der Waals surface area (Å²) in [6.07, 6.45) is 8.52. The molecule has 0 spiro atoms. The van der Waals surface area contributed by atoms with Crippen molar-refractivity contribution in [1.82, 2.24) is 0 Å². The van der Waals surface area contributed by atoms with Crippen LogP contribution in [0, 0.1) is 0 Å². The van der Waals surface area contributed by atoms with E-state index in [1.54, 1.807) is 0 Å². The Hall–Kier alpha value is -0.590. The molecule has 0 aromatic carbocycles. The van der Waals surface area contributed by atoms with Crippen LogP contribution in [0.1, 0.15) is 45.4 Å². The molecule has 0 heterocycles. The smallest absolute Gasteiger partial charge is 0.140 e. The topological polar surface area (TPSA) is 17.1 Å². The van der Waals surface area contributed by atoms with E-state index in [-0.39, 0.29) is 0 Å². The molecule has 0 saturated heterocycles. The van der Waals surface area contributed by atoms with Gasteiger partial charge in [0.2, 0.25) is 0 Å². The van der Waals surface area contributed by atoms with Crippen LogP contribution in [0.5, 0.6) is 0 Å². The molecular formula is C10H16O. The fraction of sp³-hybridized carbons (Fsp3) is 0.700. The second-order valence-electron chi connectivity index (χ2n) is 3.24. The third-order valence-electron chi connectivity index (χ3n) is 2.14. The van der Waals surface area contributed by atoms with Gasteiger partial charge in [0.25, 0.3) is 0 Å². The highest BCUT2D eigenvalue weighted by Crippen LogP contribution is 2.20. The molecule has 0 unspecified atom stereocenters. The molecule has 0 fully saturated rings. The average molecular weight is 152 g/mol. The summed E-state index contributed by atoms with van der Waals surface area (Å²) in [6, 6.07) is 0. The Kier molecular flexibility index (Phi) is 3.34. The lowest BCUT2D eigenvalue weighted by Crippen LogP contribution is -1.88. The van der Waals surface area contributed by atoms with Gasteiger partial charge >= 0.3 is 0 Å². The first-order valence-electron chi connectivity index (χ1n) is 4.52. The molecule has 0 aromatic heterocycles. The van der Waals surface area contributed by atoms with Crippen molar-refractivity contribution in [1.29, 1.82) is 0 Å². The summed E-state index contributed by atoms with van der Waals surface area (Å²) in [5.41, 5.74) is 1.38. The minimum absolute atomic E-state index is 0.400. The van der Waals surface area contributed by atoms with Crippen molar-refractivity contribution in [2.24, 2.45) is 0 Å². The lowest BCUT2D eigenvalue weighted by atomic mass is 10.1. The molecule has 0 atom stereocenters. The Morgan fingerprint density at radius 2 is 2.27 bits per heavy atom. The van der Waals surface area contributed by atoms with Crippen LogP contribution in [-0.4, -0.2) is 5.78 Å². The normalized spacial score (nSPS) is 17.2. The zero-order valence-corrected chi connectivity index (χ0v) is 7.23. The Bertz CT molecular complexity index is 168. The average Bonchev–Trinajstić information content (AvgIpc) is 2.37. The molecule has 1 heteroatoms. The SMILES string of the molecule is CCCCCC1=CCC(=O)C1. The van der Waals surface area contributed by atoms with Crippen molar-refractivity contribution in [3.63, 3.8) is 0 Å². The third kappa shape index (κ3) is 2.87. The number of unbranched alkanes of at least 4 members (excludes halogenated alkanes) is 2. The van der Waals surface area contributed by atoms with Crippen LogP contribution < -0.4 is 0 Å². The molecule has 0 saturated carbocycles. The van der Waals surface area contributed by atoms with Gasteiger partial charge in [-0.25, -0.2) is 0 Å². The van der Waals surface area contributed by atoms with E-state index >= 15 is 0 Å². The molecule has 0 bridgehead atoms. The van der Waals surface area contributed by atoms with Gasteiger partial charge in [0.15, 0.2) is 0 Å². The molecule has 1 nitrogen and oxygen atoms in total. The zero-order valence-electron chi connectivity index (χ0n) is 7.23. The highest BCUT2D eigenvalue weighted by Gasteiger charge is 2.11. The van der Waals surface area contributed by atoms with E-state index in [4.69, 9.17) is 0 Å². The molecule has 1 aliphatic rings. The van der Waals surface area contributed by atoms with Crippen molar-refractivity contribution in [3.05, 3.63) is 11.6 Å². The van der Waals surface area contributed by atoms with Gasteiger partial charge in [-0.3, -0.25) is 4.79 Å². The highest BCUT2D eigenvalue weighted by molar-refractivity contribution is 5.85. The van der Waals surface area contributed by atoms with Crippen LogP contribution in [-0.2, 0) is 4.79 Å². The van der Waals surface area contributed by atoms with Crippen LogP contribution in [0.2, 0.25) is 0 Å². The lowest BCUT2D eigenvalue weighted by Gasteiger charge is -1.98. The number of hydrogen-bond donors (Lipinski definition) is 0. The molecule has 0 radical (unpaired) electrons. The maximum Gasteiger partial charge on any atom is 0.140 e. The Balaban J connectivity index is 2.13. The number of carbonyl (C=O) groups is 1. The Labute approximate surface area is 68.5 Å². The molecule has 1 rings (SSSR count). The number of carbonyl (C=O) groups excluding carboxylic acids is 1. The van der Waals surface area contributed by atoms with Gasteiger partial charge in [0.05, 0.1) is 0 Å². The predicted octanol–water partition coefficient (Wildman–Crippen LogP) is 2.86. The first-order valence-corrected chi connectivity index (χ1v) is 4.52. The molecule has 0 aromatic rings.